The average molecular weight is 311 g/mol. The van der Waals surface area contributed by atoms with E-state index in [0.717, 1.165) is 4.90 Å². The summed E-state index contributed by atoms with van der Waals surface area (Å²) in [6.07, 6.45) is 0.0147. The fourth-order valence-electron chi connectivity index (χ4n) is 2.07. The molecule has 1 aromatic carbocycles. The van der Waals surface area contributed by atoms with Crippen molar-refractivity contribution in [3.63, 3.8) is 0 Å². The van der Waals surface area contributed by atoms with Gasteiger partial charge >= 0.3 is 5.97 Å². The number of ether oxygens (including phenoxy) is 1. The predicted molar refractivity (Wildman–Crippen MR) is 77.0 cm³/mol. The molecule has 21 heavy (non-hydrogen) atoms. The Morgan fingerprint density at radius 3 is 2.67 bits per heavy atom. The normalized spacial score (nSPS) is 18.2. The number of hydrogen-bond acceptors (Lipinski definition) is 5. The first-order valence-corrected chi connectivity index (χ1v) is 6.92. The topological polar surface area (TPSA) is 75.7 Å². The Morgan fingerprint density at radius 1 is 1.38 bits per heavy atom. The van der Waals surface area contributed by atoms with Gasteiger partial charge in [0.25, 0.3) is 5.91 Å². The van der Waals surface area contributed by atoms with Crippen LogP contribution in [0.4, 0.5) is 5.69 Å². The molecule has 1 saturated heterocycles. The van der Waals surface area contributed by atoms with Gasteiger partial charge in [-0.25, -0.2) is 4.90 Å². The minimum Gasteiger partial charge on any atom is -0.465 e. The van der Waals surface area contributed by atoms with Gasteiger partial charge in [-0.3, -0.25) is 19.7 Å². The molecule has 0 spiro atoms. The van der Waals surface area contributed by atoms with Gasteiger partial charge in [0, 0.05) is 5.02 Å². The number of rotatable bonds is 5. The third-order valence-electron chi connectivity index (χ3n) is 3.03. The van der Waals surface area contributed by atoms with Gasteiger partial charge in [0.2, 0.25) is 5.91 Å². The van der Waals surface area contributed by atoms with Gasteiger partial charge in [0.15, 0.2) is 0 Å². The van der Waals surface area contributed by atoms with Gasteiger partial charge in [-0.05, 0) is 31.2 Å². The fourth-order valence-corrected chi connectivity index (χ4v) is 2.20. The van der Waals surface area contributed by atoms with Gasteiger partial charge in [-0.15, -0.1) is 0 Å². The van der Waals surface area contributed by atoms with Gasteiger partial charge in [-0.2, -0.15) is 0 Å². The highest BCUT2D eigenvalue weighted by Gasteiger charge is 2.39. The Labute approximate surface area is 127 Å². The number of amides is 2. The molecule has 1 N–H and O–H groups in total. The second-order valence-electron chi connectivity index (χ2n) is 4.49. The van der Waals surface area contributed by atoms with Gasteiger partial charge in [0.1, 0.15) is 0 Å². The van der Waals surface area contributed by atoms with Crippen LogP contribution < -0.4 is 10.2 Å². The SMILES string of the molecule is CCOC(=O)CNC1CC(=O)N(c2ccc(Cl)cc2)C1=O. The summed E-state index contributed by atoms with van der Waals surface area (Å²) >= 11 is 5.78. The Bertz CT molecular complexity index is 559. The fraction of sp³-hybridized carbons (Fsp3) is 0.357. The lowest BCUT2D eigenvalue weighted by Crippen LogP contribution is -2.41. The summed E-state index contributed by atoms with van der Waals surface area (Å²) in [6, 6.07) is 5.71. The minimum absolute atomic E-state index is 0.0147. The van der Waals surface area contributed by atoms with Crippen LogP contribution in [0.3, 0.4) is 0 Å². The number of nitrogens with zero attached hydrogens (tertiary/aromatic N) is 1. The van der Waals surface area contributed by atoms with E-state index in [1.165, 1.54) is 0 Å². The van der Waals surface area contributed by atoms with Crippen molar-refractivity contribution < 1.29 is 19.1 Å². The van der Waals surface area contributed by atoms with Gasteiger partial charge in [0.05, 0.1) is 31.3 Å². The van der Waals surface area contributed by atoms with E-state index in [0.29, 0.717) is 10.7 Å². The molecular formula is C14H15ClN2O4. The molecule has 6 nitrogen and oxygen atoms in total. The maximum Gasteiger partial charge on any atom is 0.319 e. The first kappa shape index (κ1) is 15.5. The highest BCUT2D eigenvalue weighted by molar-refractivity contribution is 6.30. The van der Waals surface area contributed by atoms with Gasteiger partial charge in [-0.1, -0.05) is 11.6 Å². The first-order valence-electron chi connectivity index (χ1n) is 6.54. The summed E-state index contributed by atoms with van der Waals surface area (Å²) in [4.78, 5) is 36.6. The molecule has 0 bridgehead atoms. The summed E-state index contributed by atoms with van der Waals surface area (Å²) in [6.45, 7) is 1.87. The quantitative estimate of drug-likeness (QED) is 0.651. The molecule has 0 aliphatic carbocycles. The monoisotopic (exact) mass is 310 g/mol. The van der Waals surface area contributed by atoms with Crippen molar-refractivity contribution in [3.8, 4) is 0 Å². The highest BCUT2D eigenvalue weighted by Crippen LogP contribution is 2.24. The number of anilines is 1. The van der Waals surface area contributed by atoms with Crippen molar-refractivity contribution in [2.75, 3.05) is 18.1 Å². The third-order valence-corrected chi connectivity index (χ3v) is 3.28. The zero-order valence-electron chi connectivity index (χ0n) is 11.5. The molecule has 1 aliphatic rings. The molecule has 0 aromatic heterocycles. The maximum atomic E-state index is 12.2. The lowest BCUT2D eigenvalue weighted by Gasteiger charge is -2.15. The number of benzene rings is 1. The Hall–Kier alpha value is -1.92. The summed E-state index contributed by atoms with van der Waals surface area (Å²) < 4.78 is 4.76. The number of esters is 1. The van der Waals surface area contributed by atoms with Crippen LogP contribution in [0.1, 0.15) is 13.3 Å². The predicted octanol–water partition coefficient (Wildman–Crippen LogP) is 1.12. The van der Waals surface area contributed by atoms with E-state index in [2.05, 4.69) is 5.32 Å². The van der Waals surface area contributed by atoms with Crippen molar-refractivity contribution in [1.29, 1.82) is 0 Å². The molecule has 112 valence electrons. The first-order chi connectivity index (χ1) is 10.0. The molecule has 1 unspecified atom stereocenters. The van der Waals surface area contributed by atoms with Crippen LogP contribution in [-0.2, 0) is 19.1 Å². The molecule has 1 heterocycles. The van der Waals surface area contributed by atoms with E-state index in [4.69, 9.17) is 16.3 Å². The number of carbonyl (C=O) groups excluding carboxylic acids is 3. The van der Waals surface area contributed by atoms with E-state index in [9.17, 15) is 14.4 Å². The number of hydrogen-bond donors (Lipinski definition) is 1. The lowest BCUT2D eigenvalue weighted by molar-refractivity contribution is -0.142. The summed E-state index contributed by atoms with van der Waals surface area (Å²) in [7, 11) is 0. The number of carbonyl (C=O) groups is 3. The van der Waals surface area contributed by atoms with Crippen LogP contribution in [0.25, 0.3) is 0 Å². The second-order valence-corrected chi connectivity index (χ2v) is 4.92. The van der Waals surface area contributed by atoms with Crippen molar-refractivity contribution in [2.45, 2.75) is 19.4 Å². The number of imide groups is 1. The van der Waals surface area contributed by atoms with E-state index < -0.39 is 12.0 Å². The molecule has 2 rings (SSSR count). The number of nitrogens with one attached hydrogen (secondary N) is 1. The van der Waals surface area contributed by atoms with Crippen LogP contribution in [-0.4, -0.2) is 37.0 Å². The smallest absolute Gasteiger partial charge is 0.319 e. The number of halogens is 1. The van der Waals surface area contributed by atoms with E-state index in [-0.39, 0.29) is 31.4 Å². The Morgan fingerprint density at radius 2 is 2.05 bits per heavy atom. The third kappa shape index (κ3) is 3.59. The largest absolute Gasteiger partial charge is 0.465 e. The molecule has 1 fully saturated rings. The molecule has 0 radical (unpaired) electrons. The van der Waals surface area contributed by atoms with E-state index >= 15 is 0 Å². The van der Waals surface area contributed by atoms with E-state index in [1.807, 2.05) is 0 Å². The molecule has 0 saturated carbocycles. The Kier molecular flexibility index (Phi) is 4.93. The molecule has 1 aliphatic heterocycles. The lowest BCUT2D eigenvalue weighted by atomic mass is 10.2. The van der Waals surface area contributed by atoms with Crippen molar-refractivity contribution in [1.82, 2.24) is 5.32 Å². The second kappa shape index (κ2) is 6.69. The minimum atomic E-state index is -0.711. The molecule has 1 atom stereocenters. The Balaban J connectivity index is 2.03. The van der Waals surface area contributed by atoms with Gasteiger partial charge < -0.3 is 4.74 Å². The van der Waals surface area contributed by atoms with E-state index in [1.54, 1.807) is 31.2 Å². The van der Waals surface area contributed by atoms with Crippen LogP contribution in [0.2, 0.25) is 5.02 Å². The molecule has 2 amide bonds. The molecule has 1 aromatic rings. The van der Waals surface area contributed by atoms with Crippen molar-refractivity contribution in [2.24, 2.45) is 0 Å². The van der Waals surface area contributed by atoms with Crippen molar-refractivity contribution >= 4 is 35.1 Å². The van der Waals surface area contributed by atoms with Crippen LogP contribution in [0.15, 0.2) is 24.3 Å². The standard InChI is InChI=1S/C14H15ClN2O4/c1-2-21-13(19)8-16-11-7-12(18)17(14(11)20)10-5-3-9(15)4-6-10/h3-6,11,16H,2,7-8H2,1H3. The molecular weight excluding hydrogens is 296 g/mol. The molecule has 7 heteroatoms. The average Bonchev–Trinajstić information content (AvgIpc) is 2.73. The summed E-state index contributed by atoms with van der Waals surface area (Å²) in [5, 5.41) is 3.27. The summed E-state index contributed by atoms with van der Waals surface area (Å²) in [5.74, 6) is -1.15. The van der Waals surface area contributed by atoms with Crippen LogP contribution >= 0.6 is 11.6 Å². The van der Waals surface area contributed by atoms with Crippen molar-refractivity contribution in [3.05, 3.63) is 29.3 Å². The maximum absolute atomic E-state index is 12.2. The summed E-state index contributed by atoms with van der Waals surface area (Å²) in [5.41, 5.74) is 0.467. The van der Waals surface area contributed by atoms with Crippen LogP contribution in [0.5, 0.6) is 0 Å². The van der Waals surface area contributed by atoms with Crippen LogP contribution in [0, 0.1) is 0 Å². The zero-order valence-corrected chi connectivity index (χ0v) is 12.2. The zero-order chi connectivity index (χ0) is 15.4. The highest BCUT2D eigenvalue weighted by atomic mass is 35.5.